The van der Waals surface area contributed by atoms with Gasteiger partial charge >= 0.3 is 5.63 Å². The Morgan fingerprint density at radius 1 is 1.18 bits per heavy atom. The van der Waals surface area contributed by atoms with Crippen molar-refractivity contribution in [1.82, 2.24) is 15.3 Å². The first kappa shape index (κ1) is 22.3. The molecule has 2 aromatic heterocycles. The Hall–Kier alpha value is -3.87. The molecule has 7 heteroatoms. The molecular formula is C26H27N3O4. The lowest BCUT2D eigenvalue weighted by Gasteiger charge is -2.18. The summed E-state index contributed by atoms with van der Waals surface area (Å²) in [5, 5.41) is 3.97. The van der Waals surface area contributed by atoms with Crippen LogP contribution in [0, 0.1) is 6.92 Å². The number of fused-ring (bicyclic) bond motifs is 1. The molecule has 0 aliphatic carbocycles. The highest BCUT2D eigenvalue weighted by Crippen LogP contribution is 2.24. The number of hydrogen-bond acceptors (Lipinski definition) is 5. The van der Waals surface area contributed by atoms with Crippen LogP contribution < -0.4 is 15.7 Å². The number of amides is 1. The van der Waals surface area contributed by atoms with Crippen molar-refractivity contribution in [3.63, 3.8) is 0 Å². The summed E-state index contributed by atoms with van der Waals surface area (Å²) >= 11 is 0. The van der Waals surface area contributed by atoms with E-state index in [1.807, 2.05) is 49.4 Å². The molecule has 0 unspecified atom stereocenters. The number of hydrogen-bond donors (Lipinski definition) is 2. The van der Waals surface area contributed by atoms with Gasteiger partial charge in [-0.1, -0.05) is 30.3 Å². The smallest absolute Gasteiger partial charge is 0.339 e. The third kappa shape index (κ3) is 5.49. The van der Waals surface area contributed by atoms with E-state index in [1.165, 1.54) is 0 Å². The van der Waals surface area contributed by atoms with E-state index in [-0.39, 0.29) is 18.4 Å². The molecule has 0 saturated carbocycles. The summed E-state index contributed by atoms with van der Waals surface area (Å²) in [4.78, 5) is 32.6. The van der Waals surface area contributed by atoms with E-state index in [0.29, 0.717) is 36.2 Å². The zero-order chi connectivity index (χ0) is 23.2. The number of aryl methyl sites for hydroxylation is 1. The van der Waals surface area contributed by atoms with E-state index < -0.39 is 5.63 Å². The second-order valence-electron chi connectivity index (χ2n) is 8.09. The Labute approximate surface area is 191 Å². The number of carbonyl (C=O) groups excluding carboxylic acids is 1. The van der Waals surface area contributed by atoms with Gasteiger partial charge in [0, 0.05) is 47.8 Å². The Bertz CT molecular complexity index is 1280. The molecule has 2 aromatic carbocycles. The summed E-state index contributed by atoms with van der Waals surface area (Å²) in [6.07, 6.45) is 5.24. The number of methoxy groups -OCH3 is 1. The molecule has 0 aliphatic heterocycles. The minimum absolute atomic E-state index is 0.0954. The maximum absolute atomic E-state index is 12.8. The first-order chi connectivity index (χ1) is 16.0. The number of nitrogens with one attached hydrogen (secondary N) is 2. The molecule has 33 heavy (non-hydrogen) atoms. The van der Waals surface area contributed by atoms with E-state index in [2.05, 4.69) is 15.3 Å². The van der Waals surface area contributed by atoms with E-state index in [9.17, 15) is 9.59 Å². The Balaban J connectivity index is 1.46. The predicted molar refractivity (Wildman–Crippen MR) is 126 cm³/mol. The molecule has 1 amide bonds. The van der Waals surface area contributed by atoms with Crippen molar-refractivity contribution < 1.29 is 13.9 Å². The second kappa shape index (κ2) is 10.2. The summed E-state index contributed by atoms with van der Waals surface area (Å²) in [5.41, 5.74) is 3.51. The maximum Gasteiger partial charge on any atom is 0.339 e. The zero-order valence-corrected chi connectivity index (χ0v) is 18.8. The lowest BCUT2D eigenvalue weighted by molar-refractivity contribution is -0.121. The Morgan fingerprint density at radius 3 is 2.73 bits per heavy atom. The third-order valence-corrected chi connectivity index (χ3v) is 5.81. The molecule has 7 nitrogen and oxygen atoms in total. The van der Waals surface area contributed by atoms with Gasteiger partial charge in [0.05, 0.1) is 13.4 Å². The van der Waals surface area contributed by atoms with Crippen LogP contribution in [0.25, 0.3) is 11.0 Å². The minimum atomic E-state index is -0.417. The van der Waals surface area contributed by atoms with Crippen LogP contribution in [-0.4, -0.2) is 29.0 Å². The molecule has 2 heterocycles. The van der Waals surface area contributed by atoms with Crippen LogP contribution in [0.1, 0.15) is 28.8 Å². The van der Waals surface area contributed by atoms with Crippen LogP contribution in [0.2, 0.25) is 0 Å². The van der Waals surface area contributed by atoms with Gasteiger partial charge in [-0.05, 0) is 43.0 Å². The number of ether oxygens (including phenoxy) is 1. The lowest BCUT2D eigenvalue weighted by atomic mass is 10.0. The van der Waals surface area contributed by atoms with Crippen LogP contribution in [0.4, 0.5) is 0 Å². The van der Waals surface area contributed by atoms with E-state index in [4.69, 9.17) is 9.15 Å². The Kier molecular flexibility index (Phi) is 6.88. The van der Waals surface area contributed by atoms with Gasteiger partial charge in [-0.15, -0.1) is 0 Å². The molecular weight excluding hydrogens is 418 g/mol. The van der Waals surface area contributed by atoms with Crippen molar-refractivity contribution in [3.8, 4) is 5.75 Å². The van der Waals surface area contributed by atoms with Gasteiger partial charge < -0.3 is 19.5 Å². The molecule has 4 aromatic rings. The summed E-state index contributed by atoms with van der Waals surface area (Å²) in [7, 11) is 1.57. The largest absolute Gasteiger partial charge is 0.497 e. The number of benzene rings is 2. The van der Waals surface area contributed by atoms with Crippen molar-refractivity contribution >= 4 is 16.9 Å². The molecule has 0 fully saturated rings. The van der Waals surface area contributed by atoms with Gasteiger partial charge in [-0.3, -0.25) is 4.79 Å². The molecule has 0 saturated heterocycles. The molecule has 2 N–H and O–H groups in total. The molecule has 0 bridgehead atoms. The van der Waals surface area contributed by atoms with Crippen LogP contribution >= 0.6 is 0 Å². The van der Waals surface area contributed by atoms with Crippen molar-refractivity contribution in [2.75, 3.05) is 7.11 Å². The van der Waals surface area contributed by atoms with Gasteiger partial charge in [0.2, 0.25) is 5.91 Å². The normalized spacial score (nSPS) is 11.9. The standard InChI is InChI=1S/C26H27N3O4/c1-17-22-9-8-21(32-2)14-24(22)33-26(31)23(17)10-11-25(30)29-19(13-20-15-27-16-28-20)12-18-6-4-3-5-7-18/h3-9,14-16,19H,10-13H2,1-2H3,(H,27,28)(H,29,30)/t19-/m0/s1. The zero-order valence-electron chi connectivity index (χ0n) is 18.8. The van der Waals surface area contributed by atoms with E-state index in [0.717, 1.165) is 22.2 Å². The summed E-state index contributed by atoms with van der Waals surface area (Å²) in [5.74, 6) is 0.517. The SMILES string of the molecule is COc1ccc2c(C)c(CCC(=O)N[C@@H](Cc3ccccc3)Cc3cnc[nH]3)c(=O)oc2c1. The summed E-state index contributed by atoms with van der Waals surface area (Å²) < 4.78 is 10.7. The topological polar surface area (TPSA) is 97.2 Å². The van der Waals surface area contributed by atoms with Crippen molar-refractivity contribution in [1.29, 1.82) is 0 Å². The predicted octanol–water partition coefficient (Wildman–Crippen LogP) is 3.74. The molecule has 0 aliphatic rings. The monoisotopic (exact) mass is 445 g/mol. The van der Waals surface area contributed by atoms with Crippen LogP contribution in [0.15, 0.2) is 70.3 Å². The number of carbonyl (C=O) groups is 1. The van der Waals surface area contributed by atoms with E-state index in [1.54, 1.807) is 25.7 Å². The quantitative estimate of drug-likeness (QED) is 0.383. The van der Waals surface area contributed by atoms with Crippen molar-refractivity contribution in [2.45, 2.75) is 38.6 Å². The van der Waals surface area contributed by atoms with Gasteiger partial charge in [-0.25, -0.2) is 9.78 Å². The minimum Gasteiger partial charge on any atom is -0.497 e. The van der Waals surface area contributed by atoms with Gasteiger partial charge in [0.15, 0.2) is 0 Å². The first-order valence-electron chi connectivity index (χ1n) is 10.9. The van der Waals surface area contributed by atoms with Crippen molar-refractivity contribution in [3.05, 3.63) is 93.9 Å². The lowest BCUT2D eigenvalue weighted by Crippen LogP contribution is -2.38. The highest BCUT2D eigenvalue weighted by Gasteiger charge is 2.17. The number of imidazole rings is 1. The second-order valence-corrected chi connectivity index (χ2v) is 8.09. The highest BCUT2D eigenvalue weighted by atomic mass is 16.5. The molecule has 0 radical (unpaired) electrons. The number of nitrogens with zero attached hydrogens (tertiary/aromatic N) is 1. The van der Waals surface area contributed by atoms with Gasteiger partial charge in [0.1, 0.15) is 11.3 Å². The summed E-state index contributed by atoms with van der Waals surface area (Å²) in [6.45, 7) is 1.88. The number of H-pyrrole nitrogens is 1. The third-order valence-electron chi connectivity index (χ3n) is 5.81. The average Bonchev–Trinajstić information content (AvgIpc) is 3.32. The molecule has 0 spiro atoms. The van der Waals surface area contributed by atoms with Crippen LogP contribution in [0.5, 0.6) is 5.75 Å². The number of aromatic nitrogens is 2. The molecule has 170 valence electrons. The molecule has 4 rings (SSSR count). The van der Waals surface area contributed by atoms with Crippen molar-refractivity contribution in [2.24, 2.45) is 0 Å². The first-order valence-corrected chi connectivity index (χ1v) is 10.9. The average molecular weight is 446 g/mol. The van der Waals surface area contributed by atoms with Crippen LogP contribution in [-0.2, 0) is 24.1 Å². The van der Waals surface area contributed by atoms with Crippen LogP contribution in [0.3, 0.4) is 0 Å². The highest BCUT2D eigenvalue weighted by molar-refractivity contribution is 5.82. The fourth-order valence-corrected chi connectivity index (χ4v) is 4.06. The Morgan fingerprint density at radius 2 is 2.00 bits per heavy atom. The molecule has 1 atom stereocenters. The number of aromatic amines is 1. The summed E-state index contributed by atoms with van der Waals surface area (Å²) in [6, 6.07) is 15.3. The fourth-order valence-electron chi connectivity index (χ4n) is 4.06. The fraction of sp³-hybridized carbons (Fsp3) is 0.269. The maximum atomic E-state index is 12.8. The van der Waals surface area contributed by atoms with E-state index >= 15 is 0 Å². The van der Waals surface area contributed by atoms with Gasteiger partial charge in [-0.2, -0.15) is 0 Å². The van der Waals surface area contributed by atoms with Gasteiger partial charge in [0.25, 0.3) is 0 Å². The number of rotatable bonds is 9.